The van der Waals surface area contributed by atoms with Crippen molar-refractivity contribution in [2.75, 3.05) is 24.7 Å². The van der Waals surface area contributed by atoms with E-state index in [-0.39, 0.29) is 6.04 Å². The molecule has 1 saturated heterocycles. The van der Waals surface area contributed by atoms with Gasteiger partial charge in [-0.15, -0.1) is 10.2 Å². The molecule has 0 spiro atoms. The number of ether oxygens (including phenoxy) is 1. The van der Waals surface area contributed by atoms with E-state index in [4.69, 9.17) is 14.7 Å². The van der Waals surface area contributed by atoms with Gasteiger partial charge in [0, 0.05) is 35.3 Å². The molecule has 4 aromatic rings. The lowest BCUT2D eigenvalue weighted by Gasteiger charge is -2.34. The maximum atomic E-state index is 5.62. The third-order valence-corrected chi connectivity index (χ3v) is 5.41. The fourth-order valence-corrected chi connectivity index (χ4v) is 3.95. The van der Waals surface area contributed by atoms with Crippen LogP contribution in [0.5, 0.6) is 0 Å². The van der Waals surface area contributed by atoms with E-state index in [0.717, 1.165) is 46.3 Å². The summed E-state index contributed by atoms with van der Waals surface area (Å²) in [5.74, 6) is 3.95. The monoisotopic (exact) mass is 389 g/mol. The molecule has 148 valence electrons. The highest BCUT2D eigenvalue weighted by Gasteiger charge is 2.23. The van der Waals surface area contributed by atoms with Crippen LogP contribution in [0.25, 0.3) is 28.1 Å². The van der Waals surface area contributed by atoms with Crippen molar-refractivity contribution in [1.82, 2.24) is 29.7 Å². The lowest BCUT2D eigenvalue weighted by Crippen LogP contribution is -2.44. The number of aromatic nitrogens is 6. The molecular formula is C21H23N7O. The standard InChI is InChI=1S/C21H23N7O/c1-13-12-29-10-9-27(13)19-11-20(28-14(2)25-26-15(28)3)24-21(23-19)17-5-4-6-18-16(17)7-8-22-18/h4-8,11,13,22H,9-10,12H2,1-3H3. The Morgan fingerprint density at radius 3 is 2.66 bits per heavy atom. The summed E-state index contributed by atoms with van der Waals surface area (Å²) in [6.07, 6.45) is 1.94. The predicted octanol–water partition coefficient (Wildman–Crippen LogP) is 3.05. The number of H-pyrrole nitrogens is 1. The predicted molar refractivity (Wildman–Crippen MR) is 111 cm³/mol. The first-order valence-corrected chi connectivity index (χ1v) is 9.81. The Labute approximate surface area is 168 Å². The van der Waals surface area contributed by atoms with E-state index in [9.17, 15) is 0 Å². The second-order valence-electron chi connectivity index (χ2n) is 7.40. The van der Waals surface area contributed by atoms with Crippen LogP contribution < -0.4 is 4.90 Å². The summed E-state index contributed by atoms with van der Waals surface area (Å²) in [5, 5.41) is 9.52. The van der Waals surface area contributed by atoms with E-state index in [1.54, 1.807) is 0 Å². The molecule has 1 unspecified atom stereocenters. The Morgan fingerprint density at radius 1 is 1.07 bits per heavy atom. The summed E-state index contributed by atoms with van der Waals surface area (Å²) >= 11 is 0. The summed E-state index contributed by atoms with van der Waals surface area (Å²) in [4.78, 5) is 15.4. The van der Waals surface area contributed by atoms with Crippen LogP contribution in [0.4, 0.5) is 5.82 Å². The van der Waals surface area contributed by atoms with E-state index in [1.165, 1.54) is 0 Å². The maximum absolute atomic E-state index is 5.62. The molecule has 3 aromatic heterocycles. The fraction of sp³-hybridized carbons (Fsp3) is 0.333. The van der Waals surface area contributed by atoms with E-state index in [2.05, 4.69) is 45.2 Å². The highest BCUT2D eigenvalue weighted by Crippen LogP contribution is 2.29. The molecule has 29 heavy (non-hydrogen) atoms. The van der Waals surface area contributed by atoms with Crippen molar-refractivity contribution in [2.45, 2.75) is 26.8 Å². The SMILES string of the molecule is Cc1nnc(C)n1-c1cc(N2CCOCC2C)nc(-c2cccc3[nH]ccc23)n1. The molecule has 4 heterocycles. The Bertz CT molecular complexity index is 1160. The van der Waals surface area contributed by atoms with Gasteiger partial charge in [0.25, 0.3) is 0 Å². The fourth-order valence-electron chi connectivity index (χ4n) is 3.95. The number of aromatic amines is 1. The molecule has 0 bridgehead atoms. The van der Waals surface area contributed by atoms with Crippen LogP contribution in [0.1, 0.15) is 18.6 Å². The van der Waals surface area contributed by atoms with Gasteiger partial charge in [-0.3, -0.25) is 4.57 Å². The number of hydrogen-bond donors (Lipinski definition) is 1. The second kappa shape index (κ2) is 6.97. The van der Waals surface area contributed by atoms with Crippen molar-refractivity contribution in [2.24, 2.45) is 0 Å². The van der Waals surface area contributed by atoms with Gasteiger partial charge in [-0.25, -0.2) is 9.97 Å². The van der Waals surface area contributed by atoms with Crippen LogP contribution in [0, 0.1) is 13.8 Å². The van der Waals surface area contributed by atoms with E-state index < -0.39 is 0 Å². The first kappa shape index (κ1) is 17.8. The highest BCUT2D eigenvalue weighted by molar-refractivity contribution is 5.93. The van der Waals surface area contributed by atoms with Gasteiger partial charge in [-0.05, 0) is 32.9 Å². The summed E-state index contributed by atoms with van der Waals surface area (Å²) < 4.78 is 7.59. The Morgan fingerprint density at radius 2 is 1.86 bits per heavy atom. The van der Waals surface area contributed by atoms with Crippen LogP contribution in [0.15, 0.2) is 36.5 Å². The minimum Gasteiger partial charge on any atom is -0.377 e. The van der Waals surface area contributed by atoms with Gasteiger partial charge in [0.05, 0.1) is 19.3 Å². The van der Waals surface area contributed by atoms with Crippen molar-refractivity contribution >= 4 is 16.7 Å². The minimum atomic E-state index is 0.241. The number of fused-ring (bicyclic) bond motifs is 1. The molecule has 8 nitrogen and oxygen atoms in total. The molecule has 1 N–H and O–H groups in total. The van der Waals surface area contributed by atoms with Gasteiger partial charge in [0.1, 0.15) is 23.3 Å². The molecule has 1 fully saturated rings. The summed E-state index contributed by atoms with van der Waals surface area (Å²) in [7, 11) is 0. The zero-order chi connectivity index (χ0) is 20.0. The van der Waals surface area contributed by atoms with Gasteiger partial charge in [0.15, 0.2) is 5.82 Å². The van der Waals surface area contributed by atoms with Gasteiger partial charge in [-0.2, -0.15) is 0 Å². The number of nitrogens with zero attached hydrogens (tertiary/aromatic N) is 6. The summed E-state index contributed by atoms with van der Waals surface area (Å²) in [6.45, 7) is 8.20. The van der Waals surface area contributed by atoms with Crippen LogP contribution >= 0.6 is 0 Å². The number of morpholine rings is 1. The number of rotatable bonds is 3. The van der Waals surface area contributed by atoms with Crippen LogP contribution in [0.2, 0.25) is 0 Å². The second-order valence-corrected chi connectivity index (χ2v) is 7.40. The zero-order valence-corrected chi connectivity index (χ0v) is 16.8. The molecule has 5 rings (SSSR count). The lowest BCUT2D eigenvalue weighted by atomic mass is 10.1. The molecule has 1 atom stereocenters. The Balaban J connectivity index is 1.73. The molecule has 1 aromatic carbocycles. The molecule has 0 aliphatic carbocycles. The quantitative estimate of drug-likeness (QED) is 0.580. The van der Waals surface area contributed by atoms with Gasteiger partial charge in [0.2, 0.25) is 0 Å². The molecule has 0 saturated carbocycles. The Kier molecular flexibility index (Phi) is 4.28. The van der Waals surface area contributed by atoms with Crippen molar-refractivity contribution in [3.8, 4) is 17.2 Å². The van der Waals surface area contributed by atoms with Gasteiger partial charge >= 0.3 is 0 Å². The first-order chi connectivity index (χ1) is 14.1. The van der Waals surface area contributed by atoms with Crippen molar-refractivity contribution in [3.63, 3.8) is 0 Å². The van der Waals surface area contributed by atoms with Gasteiger partial charge in [-0.1, -0.05) is 12.1 Å². The van der Waals surface area contributed by atoms with Crippen LogP contribution in [-0.4, -0.2) is 55.5 Å². The smallest absolute Gasteiger partial charge is 0.164 e. The zero-order valence-electron chi connectivity index (χ0n) is 16.8. The first-order valence-electron chi connectivity index (χ1n) is 9.81. The summed E-state index contributed by atoms with van der Waals surface area (Å²) in [6, 6.07) is 10.5. The van der Waals surface area contributed by atoms with Crippen molar-refractivity contribution in [1.29, 1.82) is 0 Å². The topological polar surface area (TPSA) is 84.8 Å². The van der Waals surface area contributed by atoms with E-state index >= 15 is 0 Å². The molecule has 0 amide bonds. The normalized spacial score (nSPS) is 17.2. The number of hydrogen-bond acceptors (Lipinski definition) is 6. The van der Waals surface area contributed by atoms with Crippen LogP contribution in [-0.2, 0) is 4.74 Å². The average molecular weight is 389 g/mol. The highest BCUT2D eigenvalue weighted by atomic mass is 16.5. The van der Waals surface area contributed by atoms with E-state index in [1.807, 2.05) is 36.7 Å². The molecule has 8 heteroatoms. The largest absolute Gasteiger partial charge is 0.377 e. The number of aryl methyl sites for hydroxylation is 2. The molecule has 1 aliphatic rings. The van der Waals surface area contributed by atoms with Crippen LogP contribution in [0.3, 0.4) is 0 Å². The van der Waals surface area contributed by atoms with Crippen molar-refractivity contribution in [3.05, 3.63) is 48.2 Å². The summed E-state index contributed by atoms with van der Waals surface area (Å²) in [5.41, 5.74) is 2.06. The third-order valence-electron chi connectivity index (χ3n) is 5.41. The number of anilines is 1. The lowest BCUT2D eigenvalue weighted by molar-refractivity contribution is 0.0985. The average Bonchev–Trinajstić information content (AvgIpc) is 3.34. The maximum Gasteiger partial charge on any atom is 0.164 e. The number of nitrogens with one attached hydrogen (secondary N) is 1. The molecule has 0 radical (unpaired) electrons. The Hall–Kier alpha value is -3.26. The van der Waals surface area contributed by atoms with Gasteiger partial charge < -0.3 is 14.6 Å². The van der Waals surface area contributed by atoms with E-state index in [0.29, 0.717) is 19.0 Å². The minimum absolute atomic E-state index is 0.241. The molecule has 1 aliphatic heterocycles. The van der Waals surface area contributed by atoms with Crippen molar-refractivity contribution < 1.29 is 4.74 Å². The molecular weight excluding hydrogens is 366 g/mol. The number of benzene rings is 1. The third kappa shape index (κ3) is 3.05.